The maximum atomic E-state index is 13.9. The van der Waals surface area contributed by atoms with Gasteiger partial charge in [-0.25, -0.2) is 9.59 Å². The second kappa shape index (κ2) is 28.5. The number of rotatable bonds is 24. The Morgan fingerprint density at radius 1 is 0.368 bits per heavy atom. The van der Waals surface area contributed by atoms with Crippen LogP contribution in [0.25, 0.3) is 0 Å². The number of amides is 4. The third-order valence-electron chi connectivity index (χ3n) is 13.6. The normalized spacial score (nSPS) is 11.9. The first-order valence-electron chi connectivity index (χ1n) is 27.7. The van der Waals surface area contributed by atoms with E-state index in [-0.39, 0.29) is 37.2 Å². The van der Waals surface area contributed by atoms with Gasteiger partial charge in [-0.05, 0) is 112 Å². The number of phenolic OH excluding ortho intramolecular Hbond substituents is 2. The Bertz CT molecular complexity index is 2570. The van der Waals surface area contributed by atoms with Gasteiger partial charge >= 0.3 is 12.1 Å². The molecule has 0 heterocycles. The molecule has 6 N–H and O–H groups in total. The molecule has 0 radical (unpaired) electrons. The van der Waals surface area contributed by atoms with Gasteiger partial charge in [0.15, 0.2) is 0 Å². The lowest BCUT2D eigenvalue weighted by Crippen LogP contribution is -2.20. The highest BCUT2D eigenvalue weighted by Gasteiger charge is 2.25. The first kappa shape index (κ1) is 56.4. The maximum absolute atomic E-state index is 13.9. The molecule has 0 spiro atoms. The molecule has 1 aliphatic carbocycles. The molecular formula is C64H80N4O8. The summed E-state index contributed by atoms with van der Waals surface area (Å²) in [6.07, 6.45) is 12.4. The molecule has 8 bridgehead atoms. The number of urea groups is 2. The predicted octanol–water partition coefficient (Wildman–Crippen LogP) is 16.0. The minimum absolute atomic E-state index is 0.0668. The predicted molar refractivity (Wildman–Crippen MR) is 308 cm³/mol. The number of carbonyl (C=O) groups is 2. The number of anilines is 4. The highest BCUT2D eigenvalue weighted by Crippen LogP contribution is 2.43. The summed E-state index contributed by atoms with van der Waals surface area (Å²) in [5.74, 6) is 2.73. The third kappa shape index (κ3) is 16.3. The molecule has 0 atom stereocenters. The number of nitrogens with one attached hydrogen (secondary N) is 4. The van der Waals surface area contributed by atoms with Gasteiger partial charge in [-0.1, -0.05) is 114 Å². The molecule has 0 fully saturated rings. The number of unbranched alkanes of at least 4 members (excludes halogenated alkanes) is 8. The van der Waals surface area contributed by atoms with E-state index < -0.39 is 12.1 Å². The van der Waals surface area contributed by atoms with E-state index in [9.17, 15) is 19.8 Å². The van der Waals surface area contributed by atoms with Crippen molar-refractivity contribution in [1.29, 1.82) is 0 Å². The van der Waals surface area contributed by atoms with Gasteiger partial charge in [0.1, 0.15) is 34.5 Å². The zero-order valence-corrected chi connectivity index (χ0v) is 45.7. The number of fused-ring (bicyclic) bond motifs is 8. The smallest absolute Gasteiger partial charge is 0.323 e. The molecule has 76 heavy (non-hydrogen) atoms. The second-order valence-electron chi connectivity index (χ2n) is 20.3. The summed E-state index contributed by atoms with van der Waals surface area (Å²) in [4.78, 5) is 27.7. The van der Waals surface area contributed by atoms with Gasteiger partial charge in [0.2, 0.25) is 0 Å². The number of aryl methyl sites for hydroxylation is 2. The Hall–Kier alpha value is -7.34. The SMILES string of the molecule is CCCCCOc1c2cc(O)cc1Cc1cc(NC(=O)Nc3ccc(C)cc3)cc(c1OCCCCC)Cc1cc(O)cc(c1OCCCCC)Cc1cc(NC(=O)Nc3ccc(C)cc3)cc(c1OCCCCC)C2. The fourth-order valence-corrected chi connectivity index (χ4v) is 9.70. The largest absolute Gasteiger partial charge is 0.508 e. The van der Waals surface area contributed by atoms with Crippen molar-refractivity contribution in [1.82, 2.24) is 0 Å². The molecule has 0 aliphatic heterocycles. The molecule has 0 saturated carbocycles. The van der Waals surface area contributed by atoms with Gasteiger partial charge < -0.3 is 50.4 Å². The lowest BCUT2D eigenvalue weighted by molar-refractivity contribution is 0.261. The Kier molecular flexibility index (Phi) is 21.2. The molecule has 12 heteroatoms. The number of benzene rings is 6. The van der Waals surface area contributed by atoms with Gasteiger partial charge in [-0.15, -0.1) is 0 Å². The Labute approximate surface area is 450 Å². The molecular weight excluding hydrogens is 953 g/mol. The van der Waals surface area contributed by atoms with Crippen LogP contribution in [0.1, 0.15) is 160 Å². The van der Waals surface area contributed by atoms with Crippen molar-refractivity contribution in [2.24, 2.45) is 0 Å². The molecule has 0 aromatic heterocycles. The summed E-state index contributed by atoms with van der Waals surface area (Å²) in [6.45, 7) is 14.5. The van der Waals surface area contributed by atoms with Crippen molar-refractivity contribution in [3.8, 4) is 34.5 Å². The molecule has 6 aromatic carbocycles. The number of aromatic hydroxyl groups is 2. The van der Waals surface area contributed by atoms with Gasteiger partial charge in [-0.3, -0.25) is 0 Å². The van der Waals surface area contributed by atoms with E-state index in [1.807, 2.05) is 86.6 Å². The average Bonchev–Trinajstić information content (AvgIpc) is 3.39. The van der Waals surface area contributed by atoms with Gasteiger partial charge in [0.25, 0.3) is 0 Å². The van der Waals surface area contributed by atoms with Crippen LogP contribution in [0.15, 0.2) is 97.1 Å². The number of hydrogen-bond donors (Lipinski definition) is 6. The molecule has 1 aliphatic rings. The molecule has 404 valence electrons. The summed E-state index contributed by atoms with van der Waals surface area (Å²) < 4.78 is 27.5. The van der Waals surface area contributed by atoms with Crippen molar-refractivity contribution < 1.29 is 38.7 Å². The molecule has 6 aromatic rings. The number of carbonyl (C=O) groups excluding carboxylic acids is 2. The second-order valence-corrected chi connectivity index (χ2v) is 20.3. The van der Waals surface area contributed by atoms with Crippen molar-refractivity contribution in [3.63, 3.8) is 0 Å². The third-order valence-corrected chi connectivity index (χ3v) is 13.6. The van der Waals surface area contributed by atoms with Crippen molar-refractivity contribution in [2.75, 3.05) is 47.7 Å². The van der Waals surface area contributed by atoms with Crippen LogP contribution >= 0.6 is 0 Å². The van der Waals surface area contributed by atoms with Crippen molar-refractivity contribution in [3.05, 3.63) is 153 Å². The van der Waals surface area contributed by atoms with Crippen molar-refractivity contribution in [2.45, 2.75) is 144 Å². The minimum Gasteiger partial charge on any atom is -0.508 e. The van der Waals surface area contributed by atoms with Crippen LogP contribution in [-0.2, 0) is 25.7 Å². The fraction of sp³-hybridized carbons (Fsp3) is 0.406. The van der Waals surface area contributed by atoms with E-state index >= 15 is 0 Å². The maximum Gasteiger partial charge on any atom is 0.323 e. The average molecular weight is 1030 g/mol. The summed E-state index contributed by atoms with van der Waals surface area (Å²) in [5, 5.41) is 35.8. The molecule has 0 unspecified atom stereocenters. The highest BCUT2D eigenvalue weighted by atomic mass is 16.5. The standard InChI is InChI=1S/C64H80N4O8/c1-7-11-15-27-73-59-45-31-49-39-57(69)41-51(61(49)75-29-17-13-9-3)33-47-37-56(68-64(72)66-54-25-21-44(6)22-26-54)38-48(60(47)74-28-16-12-8-2)34-52-42-58(70)40-50(62(52)76-30-18-14-10-4)32-46(59)36-55(35-45)67-63(71)65-53-23-19-43(5)20-24-53/h19-26,35-42,69-70H,7-18,27-34H2,1-6H3,(H2,65,67,71)(H2,66,68,72). The van der Waals surface area contributed by atoms with Gasteiger partial charge in [0, 0.05) is 92.9 Å². The first-order valence-corrected chi connectivity index (χ1v) is 27.7. The van der Waals surface area contributed by atoms with Gasteiger partial charge in [0.05, 0.1) is 26.4 Å². The topological polar surface area (TPSA) is 160 Å². The lowest BCUT2D eigenvalue weighted by Gasteiger charge is -2.24. The molecule has 0 saturated heterocycles. The Morgan fingerprint density at radius 2 is 0.605 bits per heavy atom. The van der Waals surface area contributed by atoms with Crippen LogP contribution in [0.2, 0.25) is 0 Å². The Balaban J connectivity index is 1.46. The van der Waals surface area contributed by atoms with E-state index in [1.165, 1.54) is 0 Å². The monoisotopic (exact) mass is 1030 g/mol. The van der Waals surface area contributed by atoms with E-state index in [4.69, 9.17) is 18.9 Å². The van der Waals surface area contributed by atoms with Gasteiger partial charge in [-0.2, -0.15) is 0 Å². The van der Waals surface area contributed by atoms with Crippen LogP contribution in [0.5, 0.6) is 34.5 Å². The molecule has 7 rings (SSSR count). The summed E-state index contributed by atoms with van der Waals surface area (Å²) in [5.41, 5.74) is 10.6. The van der Waals surface area contributed by atoms with E-state index in [1.54, 1.807) is 24.3 Å². The molecule has 4 amide bonds. The number of phenols is 2. The summed E-state index contributed by atoms with van der Waals surface area (Å²) in [6, 6.07) is 29.3. The lowest BCUT2D eigenvalue weighted by atomic mass is 9.90. The van der Waals surface area contributed by atoms with E-state index in [2.05, 4.69) is 49.0 Å². The van der Waals surface area contributed by atoms with Crippen LogP contribution in [0, 0.1) is 13.8 Å². The zero-order valence-electron chi connectivity index (χ0n) is 45.7. The van der Waals surface area contributed by atoms with E-state index in [0.717, 1.165) is 133 Å². The van der Waals surface area contributed by atoms with E-state index in [0.29, 0.717) is 72.2 Å². The number of ether oxygens (including phenoxy) is 4. The summed E-state index contributed by atoms with van der Waals surface area (Å²) in [7, 11) is 0. The van der Waals surface area contributed by atoms with Crippen LogP contribution in [0.3, 0.4) is 0 Å². The summed E-state index contributed by atoms with van der Waals surface area (Å²) >= 11 is 0. The fourth-order valence-electron chi connectivity index (χ4n) is 9.70. The minimum atomic E-state index is -0.408. The molecule has 12 nitrogen and oxygen atoms in total. The zero-order chi connectivity index (χ0) is 53.8. The van der Waals surface area contributed by atoms with Crippen molar-refractivity contribution >= 4 is 34.8 Å². The highest BCUT2D eigenvalue weighted by molar-refractivity contribution is 6.00. The van der Waals surface area contributed by atoms with Crippen LogP contribution in [0.4, 0.5) is 32.3 Å². The van der Waals surface area contributed by atoms with Crippen LogP contribution in [-0.4, -0.2) is 48.7 Å². The Morgan fingerprint density at radius 3 is 0.855 bits per heavy atom. The first-order chi connectivity index (χ1) is 36.9. The number of hydrogen-bond acceptors (Lipinski definition) is 8. The quantitative estimate of drug-likeness (QED) is 0.0326. The van der Waals surface area contributed by atoms with Crippen LogP contribution < -0.4 is 40.2 Å².